The second-order valence-corrected chi connectivity index (χ2v) is 18.4. The van der Waals surface area contributed by atoms with Crippen LogP contribution in [0.15, 0.2) is 60.7 Å². The zero-order valence-corrected chi connectivity index (χ0v) is 37.5. The van der Waals surface area contributed by atoms with Crippen LogP contribution < -0.4 is 9.47 Å². The monoisotopic (exact) mass is 1090 g/mol. The highest BCUT2D eigenvalue weighted by atomic mass is 19.4. The fourth-order valence-electron chi connectivity index (χ4n) is 6.63. The topological polar surface area (TPSA) is 62.1 Å². The Labute approximate surface area is 394 Å². The molecule has 0 aliphatic rings. The van der Waals surface area contributed by atoms with Crippen LogP contribution in [0.3, 0.4) is 0 Å². The number of benzene rings is 3. The molecule has 73 heavy (non-hydrogen) atoms. The van der Waals surface area contributed by atoms with Crippen LogP contribution in [0, 0.1) is 0 Å². The highest BCUT2D eigenvalue weighted by Crippen LogP contribution is 2.60. The van der Waals surface area contributed by atoms with E-state index in [0.29, 0.717) is 11.0 Å². The van der Waals surface area contributed by atoms with Crippen molar-refractivity contribution in [3.63, 3.8) is 0 Å². The molecule has 2 heterocycles. The first kappa shape index (κ1) is 58.3. The Morgan fingerprint density at radius 2 is 0.753 bits per heavy atom. The van der Waals surface area contributed by atoms with Gasteiger partial charge in [0.25, 0.3) is 0 Å². The van der Waals surface area contributed by atoms with Crippen LogP contribution in [0.2, 0.25) is 0 Å². The van der Waals surface area contributed by atoms with E-state index >= 15 is 0 Å². The van der Waals surface area contributed by atoms with Crippen molar-refractivity contribution in [3.05, 3.63) is 71.8 Å². The van der Waals surface area contributed by atoms with Crippen LogP contribution in [-0.4, -0.2) is 105 Å². The number of ether oxygens (including phenoxy) is 2. The lowest BCUT2D eigenvalue weighted by Crippen LogP contribution is -2.69. The molecule has 0 N–H and O–H groups in total. The molecule has 0 aliphatic heterocycles. The summed E-state index contributed by atoms with van der Waals surface area (Å²) in [5, 5.41) is 1.44. The maximum Gasteiger partial charge on any atom is 0.384 e. The van der Waals surface area contributed by atoms with Gasteiger partial charge >= 0.3 is 84.1 Å². The van der Waals surface area contributed by atoms with Gasteiger partial charge in [0.15, 0.2) is 19.0 Å². The van der Waals surface area contributed by atoms with E-state index in [1.807, 2.05) is 53.7 Å². The van der Waals surface area contributed by atoms with Gasteiger partial charge in [-0.1, -0.05) is 53.7 Å². The third-order valence-electron chi connectivity index (χ3n) is 11.1. The summed E-state index contributed by atoms with van der Waals surface area (Å²) in [5.41, 5.74) is 1.87. The molecular weight excluding hydrogens is 1060 g/mol. The first-order valence-corrected chi connectivity index (χ1v) is 20.2. The van der Waals surface area contributed by atoms with Crippen molar-refractivity contribution in [1.82, 2.24) is 19.5 Å². The van der Waals surface area contributed by atoms with Gasteiger partial charge in [-0.3, -0.25) is 0 Å². The van der Waals surface area contributed by atoms with Crippen LogP contribution in [-0.2, 0) is 10.8 Å². The van der Waals surface area contributed by atoms with E-state index in [4.69, 9.17) is 0 Å². The maximum atomic E-state index is 14.7. The molecule has 0 unspecified atom stereocenters. The lowest BCUT2D eigenvalue weighted by atomic mass is 9.85. The minimum Gasteiger partial charge on any atom is -0.457 e. The lowest BCUT2D eigenvalue weighted by Gasteiger charge is -2.39. The van der Waals surface area contributed by atoms with Crippen molar-refractivity contribution >= 4 is 21.8 Å². The van der Waals surface area contributed by atoms with Crippen LogP contribution in [0.4, 0.5) is 105 Å². The molecule has 0 saturated carbocycles. The quantitative estimate of drug-likeness (QED) is 0.0818. The average molecular weight is 1090 g/mol. The largest absolute Gasteiger partial charge is 0.457 e. The number of aromatic nitrogens is 4. The van der Waals surface area contributed by atoms with Gasteiger partial charge in [-0.2, -0.15) is 97.8 Å². The summed E-state index contributed by atoms with van der Waals surface area (Å²) in [6.07, 6.45) is -11.7. The van der Waals surface area contributed by atoms with E-state index in [2.05, 4.69) is 24.4 Å². The van der Waals surface area contributed by atoms with Gasteiger partial charge in [0.2, 0.25) is 0 Å². The van der Waals surface area contributed by atoms with Gasteiger partial charge in [-0.15, -0.1) is 4.98 Å². The molecule has 30 heteroatoms. The molecule has 0 atom stereocenters. The van der Waals surface area contributed by atoms with Crippen molar-refractivity contribution in [2.24, 2.45) is 0 Å². The van der Waals surface area contributed by atoms with Crippen LogP contribution in [0.25, 0.3) is 38.9 Å². The molecule has 5 rings (SSSR count). The molecule has 6 nitrogen and oxygen atoms in total. The summed E-state index contributed by atoms with van der Waals surface area (Å²) >= 11 is 0. The van der Waals surface area contributed by atoms with E-state index in [1.165, 1.54) is 12.1 Å². The van der Waals surface area contributed by atoms with Crippen LogP contribution in [0.1, 0.15) is 52.7 Å². The normalized spacial score (nSPS) is 14.8. The smallest absolute Gasteiger partial charge is 0.384 e. The second-order valence-electron chi connectivity index (χ2n) is 18.4. The minimum atomic E-state index is -8.10. The third kappa shape index (κ3) is 9.48. The number of hydrogen-bond acceptors (Lipinski definition) is 5. The summed E-state index contributed by atoms with van der Waals surface area (Å²) in [6, 6.07) is 11.1. The fraction of sp³-hybridized carbons (Fsp3) is 0.512. The number of nitrogens with zero attached hydrogens (tertiary/aromatic N) is 4. The standard InChI is InChI=1S/C43H34F24N4O2/c1-32(2,3)20-9-13-25-23(15-20)24-16-21(33(4,5)6)10-14-26(24)71(25)22-11-7-19(8-12-22)27-68-30(72-17-34(48,49)38(56,57)42(64,65)40(60,61)36(52,53)28(44)45)70-31(69-27)73-18-35(50,51)39(58,59)43(66,67)41(62,63)37(54,55)29(46)47/h7-16,28-29H,17-18H2,1-6H3. The molecule has 0 spiro atoms. The third-order valence-corrected chi connectivity index (χ3v) is 11.1. The molecule has 0 aliphatic carbocycles. The molecule has 3 aromatic carbocycles. The van der Waals surface area contributed by atoms with E-state index in [-0.39, 0.29) is 16.5 Å². The van der Waals surface area contributed by atoms with Gasteiger partial charge in [-0.05, 0) is 70.5 Å². The van der Waals surface area contributed by atoms with Crippen molar-refractivity contribution in [2.75, 3.05) is 13.2 Å². The SMILES string of the molecule is CC(C)(C)c1ccc2c(c1)c1cc(C(C)(C)C)ccc1n2-c1ccc(-c2nc(OCC(F)(F)C(F)(F)C(F)(F)C(F)(F)C(F)(F)C(F)F)nc(OCC(F)(F)C(F)(F)C(F)(F)C(F)(F)C(F)(F)C(F)F)n2)cc1. The summed E-state index contributed by atoms with van der Waals surface area (Å²) in [7, 11) is 0. The average Bonchev–Trinajstić information content (AvgIpc) is 3.59. The van der Waals surface area contributed by atoms with E-state index < -0.39 is 109 Å². The predicted octanol–water partition coefficient (Wildman–Crippen LogP) is 14.9. The number of alkyl halides is 24. The van der Waals surface area contributed by atoms with Gasteiger partial charge in [0.1, 0.15) is 0 Å². The fourth-order valence-corrected chi connectivity index (χ4v) is 6.63. The molecule has 0 saturated heterocycles. The Morgan fingerprint density at radius 3 is 1.05 bits per heavy atom. The molecule has 0 fully saturated rings. The molecule has 406 valence electrons. The second kappa shape index (κ2) is 18.1. The predicted molar refractivity (Wildman–Crippen MR) is 209 cm³/mol. The maximum absolute atomic E-state index is 14.7. The van der Waals surface area contributed by atoms with E-state index in [1.54, 1.807) is 28.8 Å². The van der Waals surface area contributed by atoms with Crippen molar-refractivity contribution < 1.29 is 115 Å². The number of halogens is 24. The highest BCUT2D eigenvalue weighted by molar-refractivity contribution is 6.10. The summed E-state index contributed by atoms with van der Waals surface area (Å²) in [6.45, 7) is 4.64. The molecule has 5 aromatic rings. The first-order valence-electron chi connectivity index (χ1n) is 20.2. The van der Waals surface area contributed by atoms with Gasteiger partial charge in [0.05, 0.1) is 11.0 Å². The Bertz CT molecular complexity index is 2650. The Morgan fingerprint density at radius 1 is 0.425 bits per heavy atom. The van der Waals surface area contributed by atoms with Gasteiger partial charge in [0, 0.05) is 22.0 Å². The zero-order valence-electron chi connectivity index (χ0n) is 37.5. The number of hydrogen-bond donors (Lipinski definition) is 0. The zero-order chi connectivity index (χ0) is 56.1. The first-order chi connectivity index (χ1) is 32.7. The molecule has 0 amide bonds. The Kier molecular flexibility index (Phi) is 14.4. The molecule has 2 aromatic heterocycles. The Hall–Kier alpha value is -5.61. The Balaban J connectivity index is 1.62. The van der Waals surface area contributed by atoms with E-state index in [9.17, 15) is 105 Å². The lowest BCUT2D eigenvalue weighted by molar-refractivity contribution is -0.414. The van der Waals surface area contributed by atoms with Crippen LogP contribution in [0.5, 0.6) is 12.0 Å². The molecule has 0 bridgehead atoms. The van der Waals surface area contributed by atoms with Crippen molar-refractivity contribution in [1.29, 1.82) is 0 Å². The van der Waals surface area contributed by atoms with Crippen molar-refractivity contribution in [2.45, 2.75) is 124 Å². The number of rotatable bonds is 18. The number of fused-ring (bicyclic) bond motifs is 3. The molecule has 0 radical (unpaired) electrons. The summed E-state index contributed by atoms with van der Waals surface area (Å²) in [5.74, 6) is -77.7. The van der Waals surface area contributed by atoms with Crippen molar-refractivity contribution in [3.8, 4) is 29.1 Å². The molecular formula is C43H34F24N4O2. The highest BCUT2D eigenvalue weighted by Gasteiger charge is 2.89. The summed E-state index contributed by atoms with van der Waals surface area (Å²) < 4.78 is 342. The van der Waals surface area contributed by atoms with Gasteiger partial charge < -0.3 is 14.0 Å². The van der Waals surface area contributed by atoms with Gasteiger partial charge in [-0.25, -0.2) is 17.6 Å². The summed E-state index contributed by atoms with van der Waals surface area (Å²) in [4.78, 5) is 9.22. The van der Waals surface area contributed by atoms with E-state index in [0.717, 1.165) is 34.0 Å². The minimum absolute atomic E-state index is 0.242. The van der Waals surface area contributed by atoms with Crippen LogP contribution >= 0.6 is 0 Å².